The van der Waals surface area contributed by atoms with Gasteiger partial charge in [-0.3, -0.25) is 19.1 Å². The number of aryl methyl sites for hydroxylation is 1. The normalized spacial score (nSPS) is 11.1. The summed E-state index contributed by atoms with van der Waals surface area (Å²) >= 11 is 0. The summed E-state index contributed by atoms with van der Waals surface area (Å²) in [6.45, 7) is 1.84. The van der Waals surface area contributed by atoms with Gasteiger partial charge in [0.15, 0.2) is 0 Å². The van der Waals surface area contributed by atoms with Crippen molar-refractivity contribution in [2.24, 2.45) is 0 Å². The smallest absolute Gasteiger partial charge is 0.416 e. The molecule has 0 aliphatic carbocycles. The SMILES string of the molecule is CNC(=O)c1cc(Oc2ccc(NC(=O)c3cccc(C(F)(F)F)c3)cc2)ccn1.Cc1ccc(S(=O)(=O)O)cc1. The summed E-state index contributed by atoms with van der Waals surface area (Å²) in [7, 11) is -2.53. The van der Waals surface area contributed by atoms with E-state index in [4.69, 9.17) is 9.29 Å². The molecule has 214 valence electrons. The summed E-state index contributed by atoms with van der Waals surface area (Å²) in [4.78, 5) is 27.7. The molecular weight excluding hydrogens is 563 g/mol. The monoisotopic (exact) mass is 587 g/mol. The molecule has 0 aliphatic rings. The summed E-state index contributed by atoms with van der Waals surface area (Å²) in [5, 5.41) is 5.00. The number of carbonyl (C=O) groups excluding carboxylic acids is 2. The average Bonchev–Trinajstić information content (AvgIpc) is 2.93. The van der Waals surface area contributed by atoms with Gasteiger partial charge in [-0.05, 0) is 67.6 Å². The van der Waals surface area contributed by atoms with E-state index in [-0.39, 0.29) is 22.1 Å². The van der Waals surface area contributed by atoms with E-state index in [1.54, 1.807) is 42.5 Å². The van der Waals surface area contributed by atoms with Crippen LogP contribution in [0.25, 0.3) is 0 Å². The van der Waals surface area contributed by atoms with E-state index in [1.165, 1.54) is 43.6 Å². The highest BCUT2D eigenvalue weighted by Crippen LogP contribution is 2.30. The fourth-order valence-electron chi connectivity index (χ4n) is 3.22. The van der Waals surface area contributed by atoms with Gasteiger partial charge in [-0.15, -0.1) is 0 Å². The molecule has 4 rings (SSSR count). The molecule has 9 nitrogen and oxygen atoms in total. The molecule has 1 aromatic heterocycles. The van der Waals surface area contributed by atoms with Crippen molar-refractivity contribution in [2.75, 3.05) is 12.4 Å². The van der Waals surface area contributed by atoms with Crippen molar-refractivity contribution in [1.82, 2.24) is 10.3 Å². The van der Waals surface area contributed by atoms with Crippen LogP contribution in [-0.2, 0) is 16.3 Å². The maximum absolute atomic E-state index is 12.8. The van der Waals surface area contributed by atoms with Crippen molar-refractivity contribution in [3.63, 3.8) is 0 Å². The molecule has 0 saturated carbocycles. The average molecular weight is 588 g/mol. The van der Waals surface area contributed by atoms with Crippen molar-refractivity contribution >= 4 is 27.6 Å². The number of ether oxygens (including phenoxy) is 1. The highest BCUT2D eigenvalue weighted by molar-refractivity contribution is 7.85. The first-order valence-electron chi connectivity index (χ1n) is 11.7. The van der Waals surface area contributed by atoms with Crippen LogP contribution in [0.3, 0.4) is 0 Å². The molecule has 0 radical (unpaired) electrons. The predicted molar refractivity (Wildman–Crippen MR) is 145 cm³/mol. The predicted octanol–water partition coefficient (Wildman–Crippen LogP) is 5.75. The van der Waals surface area contributed by atoms with Gasteiger partial charge >= 0.3 is 6.18 Å². The molecule has 1 heterocycles. The minimum absolute atomic E-state index is 0.0666. The number of nitrogens with one attached hydrogen (secondary N) is 2. The second-order valence-electron chi connectivity index (χ2n) is 8.40. The number of rotatable bonds is 6. The molecule has 3 N–H and O–H groups in total. The summed E-state index contributed by atoms with van der Waals surface area (Å²) in [5.41, 5.74) is 0.527. The quantitative estimate of drug-likeness (QED) is 0.245. The van der Waals surface area contributed by atoms with Gasteiger partial charge in [0.2, 0.25) is 0 Å². The molecule has 0 bridgehead atoms. The number of hydrogen-bond donors (Lipinski definition) is 3. The third kappa shape index (κ3) is 9.15. The Hall–Kier alpha value is -4.75. The van der Waals surface area contributed by atoms with Crippen LogP contribution < -0.4 is 15.4 Å². The molecule has 0 fully saturated rings. The lowest BCUT2D eigenvalue weighted by Crippen LogP contribution is -2.18. The molecule has 41 heavy (non-hydrogen) atoms. The zero-order chi connectivity index (χ0) is 30.2. The standard InChI is InChI=1S/C21H16F3N3O3.C7H8O3S/c1-25-20(29)18-12-17(9-10-26-18)30-16-7-5-15(6-8-16)27-19(28)13-3-2-4-14(11-13)21(22,23)24;1-6-2-4-7(5-3-6)11(8,9)10/h2-12H,1H3,(H,25,29)(H,27,28);2-5H,1H3,(H,8,9,10). The van der Waals surface area contributed by atoms with E-state index in [0.29, 0.717) is 17.2 Å². The molecule has 4 aromatic rings. The highest BCUT2D eigenvalue weighted by Gasteiger charge is 2.30. The summed E-state index contributed by atoms with van der Waals surface area (Å²) in [6.07, 6.45) is -3.09. The topological polar surface area (TPSA) is 135 Å². The van der Waals surface area contributed by atoms with Crippen LogP contribution in [0.15, 0.2) is 96.0 Å². The Balaban J connectivity index is 0.000000352. The van der Waals surface area contributed by atoms with E-state index in [1.807, 2.05) is 6.92 Å². The maximum Gasteiger partial charge on any atom is 0.416 e. The van der Waals surface area contributed by atoms with Gasteiger partial charge in [0, 0.05) is 30.6 Å². The zero-order valence-electron chi connectivity index (χ0n) is 21.6. The molecule has 0 unspecified atom stereocenters. The molecule has 3 aromatic carbocycles. The van der Waals surface area contributed by atoms with E-state index < -0.39 is 27.8 Å². The summed E-state index contributed by atoms with van der Waals surface area (Å²) in [6, 6.07) is 19.4. The van der Waals surface area contributed by atoms with Crippen molar-refractivity contribution in [3.8, 4) is 11.5 Å². The Morgan fingerprint density at radius 2 is 1.54 bits per heavy atom. The maximum atomic E-state index is 12.8. The minimum Gasteiger partial charge on any atom is -0.457 e. The van der Waals surface area contributed by atoms with Gasteiger partial charge in [0.05, 0.1) is 10.5 Å². The fourth-order valence-corrected chi connectivity index (χ4v) is 3.70. The van der Waals surface area contributed by atoms with Crippen LogP contribution in [0, 0.1) is 6.92 Å². The van der Waals surface area contributed by atoms with Crippen LogP contribution in [0.4, 0.5) is 18.9 Å². The summed E-state index contributed by atoms with van der Waals surface area (Å²) < 4.78 is 73.6. The third-order valence-electron chi connectivity index (χ3n) is 5.31. The molecular formula is C28H24F3N3O6S. The van der Waals surface area contributed by atoms with E-state index in [0.717, 1.165) is 17.7 Å². The second kappa shape index (κ2) is 13.1. The number of hydrogen-bond acceptors (Lipinski definition) is 6. The second-order valence-corrected chi connectivity index (χ2v) is 9.82. The lowest BCUT2D eigenvalue weighted by molar-refractivity contribution is -0.137. The highest BCUT2D eigenvalue weighted by atomic mass is 32.2. The minimum atomic E-state index is -4.53. The van der Waals surface area contributed by atoms with Crippen LogP contribution in [0.1, 0.15) is 32.0 Å². The molecule has 13 heteroatoms. The van der Waals surface area contributed by atoms with Crippen LogP contribution in [0.5, 0.6) is 11.5 Å². The number of aromatic nitrogens is 1. The Kier molecular flexibility index (Phi) is 9.81. The van der Waals surface area contributed by atoms with Crippen LogP contribution in [0.2, 0.25) is 0 Å². The number of halogens is 3. The van der Waals surface area contributed by atoms with Gasteiger partial charge in [-0.1, -0.05) is 23.8 Å². The molecule has 0 aliphatic heterocycles. The molecule has 2 amide bonds. The molecule has 0 saturated heterocycles. The first-order chi connectivity index (χ1) is 19.3. The number of pyridine rings is 1. The molecule has 0 atom stereocenters. The van der Waals surface area contributed by atoms with Gasteiger partial charge in [-0.2, -0.15) is 21.6 Å². The largest absolute Gasteiger partial charge is 0.457 e. The van der Waals surface area contributed by atoms with E-state index in [2.05, 4.69) is 15.6 Å². The Bertz CT molecular complexity index is 1630. The van der Waals surface area contributed by atoms with Crippen LogP contribution >= 0.6 is 0 Å². The Morgan fingerprint density at radius 3 is 2.12 bits per heavy atom. The van der Waals surface area contributed by atoms with Gasteiger partial charge in [-0.25, -0.2) is 0 Å². The number of carbonyl (C=O) groups is 2. The van der Waals surface area contributed by atoms with Crippen molar-refractivity contribution < 1.29 is 40.5 Å². The zero-order valence-corrected chi connectivity index (χ0v) is 22.5. The van der Waals surface area contributed by atoms with Gasteiger partial charge in [0.1, 0.15) is 17.2 Å². The fraction of sp³-hybridized carbons (Fsp3) is 0.107. The van der Waals surface area contributed by atoms with E-state index in [9.17, 15) is 31.2 Å². The first kappa shape index (κ1) is 30.8. The first-order valence-corrected chi connectivity index (χ1v) is 13.2. The molecule has 0 spiro atoms. The van der Waals surface area contributed by atoms with Crippen molar-refractivity contribution in [2.45, 2.75) is 18.0 Å². The van der Waals surface area contributed by atoms with Crippen LogP contribution in [-0.4, -0.2) is 36.8 Å². The third-order valence-corrected chi connectivity index (χ3v) is 6.18. The number of nitrogens with zero attached hydrogens (tertiary/aromatic N) is 1. The number of alkyl halides is 3. The van der Waals surface area contributed by atoms with Crippen molar-refractivity contribution in [3.05, 3.63) is 114 Å². The number of benzene rings is 3. The number of anilines is 1. The lowest BCUT2D eigenvalue weighted by Gasteiger charge is -2.10. The lowest BCUT2D eigenvalue weighted by atomic mass is 10.1. The van der Waals surface area contributed by atoms with Gasteiger partial charge < -0.3 is 15.4 Å². The summed E-state index contributed by atoms with van der Waals surface area (Å²) in [5.74, 6) is -0.197. The van der Waals surface area contributed by atoms with E-state index >= 15 is 0 Å². The van der Waals surface area contributed by atoms with Crippen molar-refractivity contribution in [1.29, 1.82) is 0 Å². The number of amides is 2. The Morgan fingerprint density at radius 1 is 0.878 bits per heavy atom. The Labute approximate surface area is 233 Å². The van der Waals surface area contributed by atoms with Gasteiger partial charge in [0.25, 0.3) is 21.9 Å².